The first-order chi connectivity index (χ1) is 10.9. The first kappa shape index (κ1) is 17.2. The first-order valence-electron chi connectivity index (χ1n) is 7.09. The predicted octanol–water partition coefficient (Wildman–Crippen LogP) is 2.77. The number of methoxy groups -OCH3 is 1. The molecule has 0 fully saturated rings. The lowest BCUT2D eigenvalue weighted by molar-refractivity contribution is 0.0701. The highest BCUT2D eigenvalue weighted by atomic mass is 32.1. The summed E-state index contributed by atoms with van der Waals surface area (Å²) in [5, 5.41) is 9.80. The van der Waals surface area contributed by atoms with Gasteiger partial charge in [-0.2, -0.15) is 0 Å². The lowest BCUT2D eigenvalue weighted by Gasteiger charge is -2.14. The molecule has 0 radical (unpaired) electrons. The molecule has 2 aromatic rings. The number of ether oxygens (including phenoxy) is 2. The topological polar surface area (TPSA) is 71.9 Å². The zero-order valence-corrected chi connectivity index (χ0v) is 14.4. The van der Waals surface area contributed by atoms with Crippen molar-refractivity contribution in [2.24, 2.45) is 0 Å². The van der Waals surface area contributed by atoms with Crippen molar-refractivity contribution in [1.29, 1.82) is 0 Å². The van der Waals surface area contributed by atoms with Crippen LogP contribution in [0.5, 0.6) is 11.5 Å². The molecule has 0 bridgehead atoms. The Morgan fingerprint density at radius 1 is 1.35 bits per heavy atom. The van der Waals surface area contributed by atoms with Gasteiger partial charge in [0.15, 0.2) is 11.5 Å². The number of benzene rings is 1. The summed E-state index contributed by atoms with van der Waals surface area (Å²) in [7, 11) is 5.54. The van der Waals surface area contributed by atoms with Crippen molar-refractivity contribution in [3.8, 4) is 22.1 Å². The van der Waals surface area contributed by atoms with Gasteiger partial charge in [0.2, 0.25) is 0 Å². The number of aryl methyl sites for hydroxylation is 1. The summed E-state index contributed by atoms with van der Waals surface area (Å²) in [5.74, 6) is 0.304. The Hall–Kier alpha value is -2.12. The summed E-state index contributed by atoms with van der Waals surface area (Å²) in [6.45, 7) is 3.01. The summed E-state index contributed by atoms with van der Waals surface area (Å²) in [4.78, 5) is 17.8. The number of rotatable bonds is 7. The molecule has 0 aliphatic rings. The van der Waals surface area contributed by atoms with Crippen molar-refractivity contribution in [3.05, 3.63) is 28.8 Å². The fraction of sp³-hybridized carbons (Fsp3) is 0.375. The molecule has 0 saturated heterocycles. The Bertz CT molecular complexity index is 697. The summed E-state index contributed by atoms with van der Waals surface area (Å²) < 4.78 is 11.1. The Balaban J connectivity index is 2.29. The number of carbonyl (C=O) groups is 1. The van der Waals surface area contributed by atoms with Crippen molar-refractivity contribution >= 4 is 17.3 Å². The maximum absolute atomic E-state index is 11.2. The molecule has 2 rings (SSSR count). The van der Waals surface area contributed by atoms with Gasteiger partial charge in [-0.05, 0) is 39.2 Å². The van der Waals surface area contributed by atoms with Gasteiger partial charge in [-0.1, -0.05) is 0 Å². The van der Waals surface area contributed by atoms with Crippen LogP contribution in [0.2, 0.25) is 0 Å². The van der Waals surface area contributed by atoms with Crippen molar-refractivity contribution in [3.63, 3.8) is 0 Å². The highest BCUT2D eigenvalue weighted by molar-refractivity contribution is 7.17. The largest absolute Gasteiger partial charge is 0.493 e. The molecule has 1 aromatic heterocycles. The number of nitrogens with zero attached hydrogens (tertiary/aromatic N) is 2. The molecule has 0 aliphatic heterocycles. The zero-order chi connectivity index (χ0) is 17.0. The Morgan fingerprint density at radius 3 is 2.65 bits per heavy atom. The van der Waals surface area contributed by atoms with E-state index in [0.717, 1.165) is 23.4 Å². The van der Waals surface area contributed by atoms with Gasteiger partial charge < -0.3 is 19.5 Å². The number of hydrogen-bond acceptors (Lipinski definition) is 6. The van der Waals surface area contributed by atoms with Gasteiger partial charge in [0.25, 0.3) is 0 Å². The lowest BCUT2D eigenvalue weighted by atomic mass is 10.2. The molecule has 1 N–H and O–H groups in total. The molecular formula is C16H20N2O4S. The molecule has 1 aromatic carbocycles. The van der Waals surface area contributed by atoms with Crippen molar-refractivity contribution < 1.29 is 19.4 Å². The number of carboxylic acids is 1. The number of likely N-dealkylation sites (N-methyl/N-ethyl adjacent to an activating group) is 1. The number of hydrogen-bond donors (Lipinski definition) is 1. The summed E-state index contributed by atoms with van der Waals surface area (Å²) in [6.07, 6.45) is 0. The van der Waals surface area contributed by atoms with E-state index in [1.807, 2.05) is 31.1 Å². The number of thiazole rings is 1. The number of aromatic nitrogens is 1. The molecule has 1 heterocycles. The standard InChI is InChI=1S/C16H20N2O4S/c1-10-14(16(19)20)23-15(17-10)11-5-6-12(21-4)13(9-11)22-8-7-18(2)3/h5-6,9H,7-8H2,1-4H3,(H,19,20). The minimum Gasteiger partial charge on any atom is -0.493 e. The number of carboxylic acid groups (broad SMARTS) is 1. The van der Waals surface area contributed by atoms with E-state index in [2.05, 4.69) is 4.98 Å². The molecule has 23 heavy (non-hydrogen) atoms. The Morgan fingerprint density at radius 2 is 2.09 bits per heavy atom. The van der Waals surface area contributed by atoms with Crippen LogP contribution in [0, 0.1) is 6.92 Å². The van der Waals surface area contributed by atoms with Gasteiger partial charge in [0, 0.05) is 12.1 Å². The third-order valence-corrected chi connectivity index (χ3v) is 4.39. The minimum atomic E-state index is -0.956. The highest BCUT2D eigenvalue weighted by Gasteiger charge is 2.16. The Labute approximate surface area is 139 Å². The van der Waals surface area contributed by atoms with Crippen LogP contribution < -0.4 is 9.47 Å². The van der Waals surface area contributed by atoms with Gasteiger partial charge in [-0.3, -0.25) is 0 Å². The fourth-order valence-corrected chi connectivity index (χ4v) is 2.88. The van der Waals surface area contributed by atoms with Crippen molar-refractivity contribution in [2.75, 3.05) is 34.4 Å². The average molecular weight is 336 g/mol. The summed E-state index contributed by atoms with van der Waals surface area (Å²) >= 11 is 1.16. The van der Waals surface area contributed by atoms with E-state index >= 15 is 0 Å². The molecule has 0 unspecified atom stereocenters. The maximum atomic E-state index is 11.2. The van der Waals surface area contributed by atoms with Crippen LogP contribution in [0.3, 0.4) is 0 Å². The highest BCUT2D eigenvalue weighted by Crippen LogP contribution is 2.35. The van der Waals surface area contributed by atoms with Crippen LogP contribution in [0.25, 0.3) is 10.6 Å². The average Bonchev–Trinajstić information content (AvgIpc) is 2.89. The Kier molecular flexibility index (Phi) is 5.57. The third-order valence-electron chi connectivity index (χ3n) is 3.20. The maximum Gasteiger partial charge on any atom is 0.347 e. The van der Waals surface area contributed by atoms with Crippen LogP contribution in [0.15, 0.2) is 18.2 Å². The molecule has 0 spiro atoms. The van der Waals surface area contributed by atoms with Gasteiger partial charge in [-0.15, -0.1) is 11.3 Å². The van der Waals surface area contributed by atoms with Gasteiger partial charge in [0.1, 0.15) is 16.5 Å². The fourth-order valence-electron chi connectivity index (χ4n) is 1.98. The second-order valence-corrected chi connectivity index (χ2v) is 6.26. The van der Waals surface area contributed by atoms with E-state index in [0.29, 0.717) is 28.8 Å². The molecule has 7 heteroatoms. The second kappa shape index (κ2) is 7.43. The molecule has 0 amide bonds. The minimum absolute atomic E-state index is 0.255. The first-order valence-corrected chi connectivity index (χ1v) is 7.90. The van der Waals surface area contributed by atoms with Crippen LogP contribution >= 0.6 is 11.3 Å². The molecule has 0 atom stereocenters. The van der Waals surface area contributed by atoms with E-state index in [1.165, 1.54) is 0 Å². The van der Waals surface area contributed by atoms with Gasteiger partial charge >= 0.3 is 5.97 Å². The van der Waals surface area contributed by atoms with Gasteiger partial charge in [-0.25, -0.2) is 9.78 Å². The van der Waals surface area contributed by atoms with Crippen LogP contribution in [0.4, 0.5) is 0 Å². The van der Waals surface area contributed by atoms with E-state index in [9.17, 15) is 4.79 Å². The predicted molar refractivity (Wildman–Crippen MR) is 89.8 cm³/mol. The third kappa shape index (κ3) is 4.20. The van der Waals surface area contributed by atoms with Crippen molar-refractivity contribution in [2.45, 2.75) is 6.92 Å². The van der Waals surface area contributed by atoms with E-state index in [4.69, 9.17) is 14.6 Å². The molecular weight excluding hydrogens is 316 g/mol. The quantitative estimate of drug-likeness (QED) is 0.838. The molecule has 0 saturated carbocycles. The van der Waals surface area contributed by atoms with Gasteiger partial charge in [0.05, 0.1) is 12.8 Å². The second-order valence-electron chi connectivity index (χ2n) is 5.26. The van der Waals surface area contributed by atoms with E-state index in [1.54, 1.807) is 20.1 Å². The van der Waals surface area contributed by atoms with Crippen LogP contribution in [-0.4, -0.2) is 55.3 Å². The normalized spacial score (nSPS) is 10.8. The van der Waals surface area contributed by atoms with Crippen LogP contribution in [0.1, 0.15) is 15.4 Å². The molecule has 0 aliphatic carbocycles. The lowest BCUT2D eigenvalue weighted by Crippen LogP contribution is -2.19. The number of aromatic carboxylic acids is 1. The van der Waals surface area contributed by atoms with E-state index in [-0.39, 0.29) is 4.88 Å². The SMILES string of the molecule is COc1ccc(-c2nc(C)c(C(=O)O)s2)cc1OCCN(C)C. The molecule has 6 nitrogen and oxygen atoms in total. The molecule has 124 valence electrons. The zero-order valence-electron chi connectivity index (χ0n) is 13.6. The smallest absolute Gasteiger partial charge is 0.347 e. The summed E-state index contributed by atoms with van der Waals surface area (Å²) in [5.41, 5.74) is 1.33. The summed E-state index contributed by atoms with van der Waals surface area (Å²) in [6, 6.07) is 5.48. The van der Waals surface area contributed by atoms with E-state index < -0.39 is 5.97 Å². The van der Waals surface area contributed by atoms with Crippen molar-refractivity contribution in [1.82, 2.24) is 9.88 Å². The monoisotopic (exact) mass is 336 g/mol. The van der Waals surface area contributed by atoms with Crippen LogP contribution in [-0.2, 0) is 0 Å².